The number of hydrogen-bond acceptors (Lipinski definition) is 4. The number of aryl methyl sites for hydroxylation is 1. The van der Waals surface area contributed by atoms with Crippen LogP contribution in [0.25, 0.3) is 0 Å². The number of amidine groups is 1. The van der Waals surface area contributed by atoms with E-state index in [1.165, 1.54) is 10.5 Å². The van der Waals surface area contributed by atoms with E-state index in [1.54, 1.807) is 18.9 Å². The topological polar surface area (TPSA) is 67.8 Å². The summed E-state index contributed by atoms with van der Waals surface area (Å²) in [5.74, 6) is 1.45. The molecule has 110 valence electrons. The smallest absolute Gasteiger partial charge is 0.173 e. The zero-order valence-corrected chi connectivity index (χ0v) is 12.9. The first-order valence-electron chi connectivity index (χ1n) is 6.49. The summed E-state index contributed by atoms with van der Waals surface area (Å²) in [5, 5.41) is 11.9. The average molecular weight is 302 g/mol. The van der Waals surface area contributed by atoms with E-state index in [4.69, 9.17) is 15.7 Å². The highest BCUT2D eigenvalue weighted by atomic mass is 32.2. The highest BCUT2D eigenvalue weighted by Gasteiger charge is 2.09. The van der Waals surface area contributed by atoms with Crippen LogP contribution in [0.2, 0.25) is 0 Å². The first-order valence-corrected chi connectivity index (χ1v) is 7.47. The second kappa shape index (κ2) is 7.04. The second-order valence-corrected chi connectivity index (χ2v) is 5.59. The lowest BCUT2D eigenvalue weighted by atomic mass is 10.1. The SMILES string of the molecule is COc1ccc(CSc2ccccc2C)cc1C(N)=NO. The van der Waals surface area contributed by atoms with Crippen molar-refractivity contribution in [3.63, 3.8) is 0 Å². The van der Waals surface area contributed by atoms with Gasteiger partial charge in [-0.1, -0.05) is 29.4 Å². The van der Waals surface area contributed by atoms with Gasteiger partial charge in [0, 0.05) is 10.6 Å². The highest BCUT2D eigenvalue weighted by molar-refractivity contribution is 7.98. The predicted octanol–water partition coefficient (Wildman–Crippen LogP) is 3.39. The number of rotatable bonds is 5. The van der Waals surface area contributed by atoms with Gasteiger partial charge in [0.05, 0.1) is 12.7 Å². The Morgan fingerprint density at radius 2 is 2.05 bits per heavy atom. The van der Waals surface area contributed by atoms with Crippen molar-refractivity contribution in [2.24, 2.45) is 10.9 Å². The summed E-state index contributed by atoms with van der Waals surface area (Å²) in [4.78, 5) is 1.25. The van der Waals surface area contributed by atoms with Crippen molar-refractivity contribution < 1.29 is 9.94 Å². The lowest BCUT2D eigenvalue weighted by Crippen LogP contribution is -2.14. The second-order valence-electron chi connectivity index (χ2n) is 4.57. The molecule has 0 heterocycles. The molecule has 0 radical (unpaired) electrons. The van der Waals surface area contributed by atoms with E-state index in [2.05, 4.69) is 24.2 Å². The normalized spacial score (nSPS) is 11.4. The molecule has 2 rings (SSSR count). The Kier molecular flexibility index (Phi) is 5.11. The van der Waals surface area contributed by atoms with Gasteiger partial charge in [0.15, 0.2) is 5.84 Å². The van der Waals surface area contributed by atoms with Gasteiger partial charge >= 0.3 is 0 Å². The number of ether oxygens (including phenoxy) is 1. The first kappa shape index (κ1) is 15.3. The summed E-state index contributed by atoms with van der Waals surface area (Å²) in [6.07, 6.45) is 0. The van der Waals surface area contributed by atoms with Crippen LogP contribution in [-0.4, -0.2) is 18.2 Å². The molecule has 0 saturated heterocycles. The minimum Gasteiger partial charge on any atom is -0.496 e. The lowest BCUT2D eigenvalue weighted by Gasteiger charge is -2.10. The molecule has 0 saturated carbocycles. The van der Waals surface area contributed by atoms with Crippen molar-refractivity contribution in [2.75, 3.05) is 7.11 Å². The fraction of sp³-hybridized carbons (Fsp3) is 0.188. The minimum absolute atomic E-state index is 0.0505. The van der Waals surface area contributed by atoms with Gasteiger partial charge in [-0.15, -0.1) is 11.8 Å². The molecule has 0 aliphatic heterocycles. The van der Waals surface area contributed by atoms with Crippen LogP contribution in [-0.2, 0) is 5.75 Å². The molecule has 4 nitrogen and oxygen atoms in total. The van der Waals surface area contributed by atoms with Crippen molar-refractivity contribution in [3.05, 3.63) is 59.2 Å². The molecule has 0 fully saturated rings. The van der Waals surface area contributed by atoms with E-state index in [0.29, 0.717) is 11.3 Å². The summed E-state index contributed by atoms with van der Waals surface area (Å²) >= 11 is 1.76. The molecule has 0 bridgehead atoms. The molecular formula is C16H18N2O2S. The molecule has 2 aromatic carbocycles. The number of nitrogens with zero attached hydrogens (tertiary/aromatic N) is 1. The van der Waals surface area contributed by atoms with Gasteiger partial charge in [-0.05, 0) is 36.2 Å². The molecule has 0 amide bonds. The molecular weight excluding hydrogens is 284 g/mol. The minimum atomic E-state index is 0.0505. The molecule has 2 aromatic rings. The van der Waals surface area contributed by atoms with E-state index in [1.807, 2.05) is 30.3 Å². The number of methoxy groups -OCH3 is 1. The van der Waals surface area contributed by atoms with Gasteiger partial charge < -0.3 is 15.7 Å². The zero-order valence-electron chi connectivity index (χ0n) is 12.0. The highest BCUT2D eigenvalue weighted by Crippen LogP contribution is 2.28. The number of oxime groups is 1. The molecule has 0 aliphatic carbocycles. The molecule has 0 unspecified atom stereocenters. The number of hydrogen-bond donors (Lipinski definition) is 2. The Bertz CT molecular complexity index is 656. The first-order chi connectivity index (χ1) is 10.2. The summed E-state index contributed by atoms with van der Waals surface area (Å²) in [6.45, 7) is 2.10. The Morgan fingerprint density at radius 1 is 1.29 bits per heavy atom. The molecule has 0 aromatic heterocycles. The van der Waals surface area contributed by atoms with Crippen LogP contribution in [0.5, 0.6) is 5.75 Å². The molecule has 0 aliphatic rings. The lowest BCUT2D eigenvalue weighted by molar-refractivity contribution is 0.318. The molecule has 5 heteroatoms. The maximum atomic E-state index is 8.85. The molecule has 0 spiro atoms. The van der Waals surface area contributed by atoms with Crippen molar-refractivity contribution in [2.45, 2.75) is 17.6 Å². The molecule has 3 N–H and O–H groups in total. The van der Waals surface area contributed by atoms with Crippen LogP contribution in [0, 0.1) is 6.92 Å². The Morgan fingerprint density at radius 3 is 2.71 bits per heavy atom. The van der Waals surface area contributed by atoms with Crippen molar-refractivity contribution >= 4 is 17.6 Å². The fourth-order valence-corrected chi connectivity index (χ4v) is 2.95. The Balaban J connectivity index is 2.20. The van der Waals surface area contributed by atoms with Gasteiger partial charge in [0.25, 0.3) is 0 Å². The third kappa shape index (κ3) is 3.70. The van der Waals surface area contributed by atoms with Crippen LogP contribution in [0.4, 0.5) is 0 Å². The standard InChI is InChI=1S/C16H18N2O2S/c1-11-5-3-4-6-15(11)21-10-12-7-8-14(20-2)13(9-12)16(17)18-19/h3-9,19H,10H2,1-2H3,(H2,17,18). The Hall–Kier alpha value is -2.14. The third-order valence-electron chi connectivity index (χ3n) is 3.14. The van der Waals surface area contributed by atoms with Crippen LogP contribution in [0.3, 0.4) is 0 Å². The molecule has 0 atom stereocenters. The Labute approximate surface area is 128 Å². The van der Waals surface area contributed by atoms with Crippen LogP contribution >= 0.6 is 11.8 Å². The van der Waals surface area contributed by atoms with Crippen LogP contribution in [0.1, 0.15) is 16.7 Å². The van der Waals surface area contributed by atoms with Gasteiger partial charge in [0.1, 0.15) is 5.75 Å². The van der Waals surface area contributed by atoms with Crippen molar-refractivity contribution in [3.8, 4) is 5.75 Å². The number of nitrogens with two attached hydrogens (primary N) is 1. The zero-order chi connectivity index (χ0) is 15.2. The van der Waals surface area contributed by atoms with Gasteiger partial charge in [-0.25, -0.2) is 0 Å². The summed E-state index contributed by atoms with van der Waals surface area (Å²) in [6, 6.07) is 14.0. The van der Waals surface area contributed by atoms with E-state index in [-0.39, 0.29) is 5.84 Å². The maximum absolute atomic E-state index is 8.85. The summed E-state index contributed by atoms with van der Waals surface area (Å²) in [7, 11) is 1.56. The average Bonchev–Trinajstić information content (AvgIpc) is 2.53. The fourth-order valence-electron chi connectivity index (χ4n) is 1.98. The third-order valence-corrected chi connectivity index (χ3v) is 4.38. The maximum Gasteiger partial charge on any atom is 0.173 e. The van der Waals surface area contributed by atoms with Gasteiger partial charge in [-0.2, -0.15) is 0 Å². The van der Waals surface area contributed by atoms with Crippen LogP contribution < -0.4 is 10.5 Å². The van der Waals surface area contributed by atoms with Crippen molar-refractivity contribution in [1.82, 2.24) is 0 Å². The van der Waals surface area contributed by atoms with E-state index in [9.17, 15) is 0 Å². The largest absolute Gasteiger partial charge is 0.496 e. The quantitative estimate of drug-likeness (QED) is 0.292. The van der Waals surface area contributed by atoms with Crippen molar-refractivity contribution in [1.29, 1.82) is 0 Å². The van der Waals surface area contributed by atoms with Gasteiger partial charge in [-0.3, -0.25) is 0 Å². The molecule has 21 heavy (non-hydrogen) atoms. The van der Waals surface area contributed by atoms with E-state index >= 15 is 0 Å². The van der Waals surface area contributed by atoms with E-state index < -0.39 is 0 Å². The number of thioether (sulfide) groups is 1. The number of benzene rings is 2. The van der Waals surface area contributed by atoms with Crippen LogP contribution in [0.15, 0.2) is 52.5 Å². The van der Waals surface area contributed by atoms with Gasteiger partial charge in [0.2, 0.25) is 0 Å². The van der Waals surface area contributed by atoms with E-state index in [0.717, 1.165) is 11.3 Å². The summed E-state index contributed by atoms with van der Waals surface area (Å²) in [5.41, 5.74) is 8.63. The predicted molar refractivity (Wildman–Crippen MR) is 86.2 cm³/mol. The monoisotopic (exact) mass is 302 g/mol. The summed E-state index contributed by atoms with van der Waals surface area (Å²) < 4.78 is 5.23.